The zero-order chi connectivity index (χ0) is 16.7. The van der Waals surface area contributed by atoms with Gasteiger partial charge in [0.2, 0.25) is 5.91 Å². The normalized spacial score (nSPS) is 16.6. The third kappa shape index (κ3) is 2.25. The molecule has 3 aromatic rings. The van der Waals surface area contributed by atoms with E-state index >= 15 is 0 Å². The summed E-state index contributed by atoms with van der Waals surface area (Å²) < 4.78 is 7.17. The van der Waals surface area contributed by atoms with Gasteiger partial charge in [-0.05, 0) is 24.6 Å². The van der Waals surface area contributed by atoms with Crippen LogP contribution in [0.15, 0.2) is 36.7 Å². The number of fused-ring (bicyclic) bond motifs is 1. The van der Waals surface area contributed by atoms with E-state index in [-0.39, 0.29) is 11.8 Å². The molecule has 0 bridgehead atoms. The molecule has 1 aromatic carbocycles. The van der Waals surface area contributed by atoms with Crippen molar-refractivity contribution in [3.63, 3.8) is 0 Å². The van der Waals surface area contributed by atoms with Crippen LogP contribution in [0.2, 0.25) is 0 Å². The number of nitrogens with zero attached hydrogens (tertiary/aromatic N) is 3. The molecule has 0 fully saturated rings. The largest absolute Gasteiger partial charge is 0.494 e. The van der Waals surface area contributed by atoms with E-state index in [2.05, 4.69) is 20.6 Å². The minimum atomic E-state index is -0.0593. The smallest absolute Gasteiger partial charge is 0.226 e. The number of methoxy groups -OCH3 is 1. The molecule has 1 atom stereocenters. The first-order valence-corrected chi connectivity index (χ1v) is 7.70. The highest BCUT2D eigenvalue weighted by Crippen LogP contribution is 2.38. The van der Waals surface area contributed by atoms with Gasteiger partial charge in [-0.25, -0.2) is 4.68 Å². The van der Waals surface area contributed by atoms with E-state index < -0.39 is 0 Å². The fraction of sp³-hybridized carbons (Fsp3) is 0.235. The van der Waals surface area contributed by atoms with Gasteiger partial charge in [-0.3, -0.25) is 9.89 Å². The van der Waals surface area contributed by atoms with Crippen molar-refractivity contribution in [3.8, 4) is 11.4 Å². The fourth-order valence-corrected chi connectivity index (χ4v) is 3.18. The van der Waals surface area contributed by atoms with Crippen LogP contribution in [0.4, 0.5) is 5.82 Å². The Morgan fingerprint density at radius 1 is 1.33 bits per heavy atom. The number of para-hydroxylation sites is 2. The molecule has 3 heterocycles. The highest BCUT2D eigenvalue weighted by molar-refractivity contribution is 5.94. The topological polar surface area (TPSA) is 84.8 Å². The van der Waals surface area contributed by atoms with Crippen LogP contribution in [0.3, 0.4) is 0 Å². The third-order valence-corrected chi connectivity index (χ3v) is 4.33. The van der Waals surface area contributed by atoms with Crippen molar-refractivity contribution >= 4 is 11.7 Å². The molecule has 1 aliphatic heterocycles. The van der Waals surface area contributed by atoms with Gasteiger partial charge in [-0.15, -0.1) is 0 Å². The van der Waals surface area contributed by atoms with E-state index in [4.69, 9.17) is 4.74 Å². The number of hydrogen-bond acceptors (Lipinski definition) is 4. The van der Waals surface area contributed by atoms with Crippen LogP contribution in [0, 0.1) is 6.92 Å². The van der Waals surface area contributed by atoms with Gasteiger partial charge in [0.25, 0.3) is 0 Å². The van der Waals surface area contributed by atoms with Crippen molar-refractivity contribution in [3.05, 3.63) is 53.5 Å². The first kappa shape index (κ1) is 14.5. The van der Waals surface area contributed by atoms with Crippen molar-refractivity contribution in [2.75, 3.05) is 12.4 Å². The van der Waals surface area contributed by atoms with Gasteiger partial charge >= 0.3 is 0 Å². The Balaban J connectivity index is 1.76. The molecule has 4 rings (SSSR count). The molecule has 24 heavy (non-hydrogen) atoms. The number of H-pyrrole nitrogens is 1. The van der Waals surface area contributed by atoms with Crippen LogP contribution >= 0.6 is 0 Å². The van der Waals surface area contributed by atoms with Gasteiger partial charge in [0, 0.05) is 29.8 Å². The standard InChI is InChI=1S/C17H17N5O2/c1-10-16-12(7-15(23)19-17(16)21-20-10)11-8-18-22(9-11)13-5-3-4-6-14(13)24-2/h3-6,8-9,12H,7H2,1-2H3,(H2,19,20,21,23). The van der Waals surface area contributed by atoms with Gasteiger partial charge < -0.3 is 10.1 Å². The Bertz CT molecular complexity index is 911. The summed E-state index contributed by atoms with van der Waals surface area (Å²) >= 11 is 0. The maximum Gasteiger partial charge on any atom is 0.226 e. The Morgan fingerprint density at radius 3 is 3.00 bits per heavy atom. The molecule has 0 radical (unpaired) electrons. The van der Waals surface area contributed by atoms with E-state index in [0.717, 1.165) is 28.3 Å². The molecule has 1 aliphatic rings. The maximum atomic E-state index is 12.0. The zero-order valence-corrected chi connectivity index (χ0v) is 13.4. The number of aromatic amines is 1. The Kier molecular flexibility index (Phi) is 3.34. The summed E-state index contributed by atoms with van der Waals surface area (Å²) in [5.41, 5.74) is 3.81. The summed E-state index contributed by atoms with van der Waals surface area (Å²) in [4.78, 5) is 12.0. The number of anilines is 1. The average molecular weight is 323 g/mol. The minimum absolute atomic E-state index is 0.0379. The van der Waals surface area contributed by atoms with Gasteiger partial charge in [0.05, 0.1) is 13.3 Å². The Morgan fingerprint density at radius 2 is 2.17 bits per heavy atom. The third-order valence-electron chi connectivity index (χ3n) is 4.33. The van der Waals surface area contributed by atoms with Crippen molar-refractivity contribution < 1.29 is 9.53 Å². The summed E-state index contributed by atoms with van der Waals surface area (Å²) in [7, 11) is 1.63. The van der Waals surface area contributed by atoms with Crippen molar-refractivity contribution in [2.24, 2.45) is 0 Å². The van der Waals surface area contributed by atoms with Crippen LogP contribution in [-0.2, 0) is 4.79 Å². The Hall–Kier alpha value is -3.09. The maximum absolute atomic E-state index is 12.0. The predicted molar refractivity (Wildman–Crippen MR) is 88.5 cm³/mol. The number of benzene rings is 1. The molecule has 1 unspecified atom stereocenters. The van der Waals surface area contributed by atoms with Crippen LogP contribution < -0.4 is 10.1 Å². The van der Waals surface area contributed by atoms with E-state index in [0.29, 0.717) is 12.2 Å². The number of nitrogens with one attached hydrogen (secondary N) is 2. The average Bonchev–Trinajstić information content (AvgIpc) is 3.22. The van der Waals surface area contributed by atoms with Crippen molar-refractivity contribution in [1.82, 2.24) is 20.0 Å². The highest BCUT2D eigenvalue weighted by Gasteiger charge is 2.31. The van der Waals surface area contributed by atoms with Crippen LogP contribution in [0.1, 0.15) is 29.2 Å². The number of amides is 1. The molecule has 2 aromatic heterocycles. The lowest BCUT2D eigenvalue weighted by atomic mass is 9.87. The summed E-state index contributed by atoms with van der Waals surface area (Å²) in [5, 5.41) is 14.4. The number of rotatable bonds is 3. The molecule has 1 amide bonds. The van der Waals surface area contributed by atoms with Gasteiger partial charge in [0.1, 0.15) is 11.4 Å². The number of carbonyl (C=O) groups excluding carboxylic acids is 1. The summed E-state index contributed by atoms with van der Waals surface area (Å²) in [6, 6.07) is 7.69. The minimum Gasteiger partial charge on any atom is -0.494 e. The predicted octanol–water partition coefficient (Wildman–Crippen LogP) is 2.39. The van der Waals surface area contributed by atoms with Crippen LogP contribution in [0.25, 0.3) is 5.69 Å². The second-order valence-corrected chi connectivity index (χ2v) is 5.81. The monoisotopic (exact) mass is 323 g/mol. The first-order chi connectivity index (χ1) is 11.7. The number of aromatic nitrogens is 4. The number of ether oxygens (including phenoxy) is 1. The van der Waals surface area contributed by atoms with E-state index in [1.54, 1.807) is 18.0 Å². The zero-order valence-electron chi connectivity index (χ0n) is 13.4. The second-order valence-electron chi connectivity index (χ2n) is 5.81. The van der Waals surface area contributed by atoms with Crippen LogP contribution in [-0.4, -0.2) is 33.0 Å². The van der Waals surface area contributed by atoms with E-state index in [1.165, 1.54) is 0 Å². The fourth-order valence-electron chi connectivity index (χ4n) is 3.18. The quantitative estimate of drug-likeness (QED) is 0.775. The molecule has 7 heteroatoms. The molecule has 0 aliphatic carbocycles. The molecule has 0 saturated heterocycles. The molecule has 122 valence electrons. The van der Waals surface area contributed by atoms with Gasteiger partial charge in [0.15, 0.2) is 5.82 Å². The lowest BCUT2D eigenvalue weighted by molar-refractivity contribution is -0.116. The lowest BCUT2D eigenvalue weighted by Crippen LogP contribution is -2.23. The molecule has 2 N–H and O–H groups in total. The van der Waals surface area contributed by atoms with Gasteiger partial charge in [-0.1, -0.05) is 12.1 Å². The van der Waals surface area contributed by atoms with Crippen molar-refractivity contribution in [2.45, 2.75) is 19.3 Å². The summed E-state index contributed by atoms with van der Waals surface area (Å²) in [6.45, 7) is 1.96. The highest BCUT2D eigenvalue weighted by atomic mass is 16.5. The molecular weight excluding hydrogens is 306 g/mol. The van der Waals surface area contributed by atoms with Gasteiger partial charge in [-0.2, -0.15) is 10.2 Å². The molecule has 0 spiro atoms. The number of hydrogen-bond donors (Lipinski definition) is 2. The van der Waals surface area contributed by atoms with E-state index in [1.807, 2.05) is 37.4 Å². The molecular formula is C17H17N5O2. The van der Waals surface area contributed by atoms with E-state index in [9.17, 15) is 4.79 Å². The lowest BCUT2D eigenvalue weighted by Gasteiger charge is -2.21. The summed E-state index contributed by atoms with van der Waals surface area (Å²) in [6.07, 6.45) is 4.12. The number of carbonyl (C=O) groups is 1. The summed E-state index contributed by atoms with van der Waals surface area (Å²) in [5.74, 6) is 1.26. The molecule has 7 nitrogen and oxygen atoms in total. The first-order valence-electron chi connectivity index (χ1n) is 7.70. The van der Waals surface area contributed by atoms with Crippen LogP contribution in [0.5, 0.6) is 5.75 Å². The second kappa shape index (κ2) is 5.52. The molecule has 0 saturated carbocycles. The SMILES string of the molecule is COc1ccccc1-n1cc(C2CC(=O)Nc3n[nH]c(C)c32)cn1. The Labute approximate surface area is 138 Å². The number of aryl methyl sites for hydroxylation is 1. The van der Waals surface area contributed by atoms with Crippen molar-refractivity contribution in [1.29, 1.82) is 0 Å².